The lowest BCUT2D eigenvalue weighted by Gasteiger charge is -2.18. The molecule has 0 bridgehead atoms. The molecule has 9 heavy (non-hydrogen) atoms. The molecule has 0 unspecified atom stereocenters. The van der Waals surface area contributed by atoms with Crippen LogP contribution in [0.5, 0.6) is 0 Å². The predicted octanol–water partition coefficient (Wildman–Crippen LogP) is 0.393. The normalized spacial score (nSPS) is 11.4. The number of hydrogen-bond acceptors (Lipinski definition) is 3. The third-order valence-corrected chi connectivity index (χ3v) is 3.07. The monoisotopic (exact) mass is 147 g/mol. The second kappa shape index (κ2) is 3.79. The van der Waals surface area contributed by atoms with Gasteiger partial charge in [0.2, 0.25) is 0 Å². The Morgan fingerprint density at radius 1 is 1.11 bits per heavy atom. The van der Waals surface area contributed by atoms with Crippen molar-refractivity contribution in [3.63, 3.8) is 0 Å². The third-order valence-electron chi connectivity index (χ3n) is 1.02. The fraction of sp³-hybridized carbons (Fsp3) is 0.600. The van der Waals surface area contributed by atoms with Crippen molar-refractivity contribution in [2.75, 3.05) is 21.3 Å². The van der Waals surface area contributed by atoms with Crippen molar-refractivity contribution in [2.45, 2.75) is 0 Å². The summed E-state index contributed by atoms with van der Waals surface area (Å²) in [5.74, 6) is 0. The maximum Gasteiger partial charge on any atom is 0.535 e. The summed E-state index contributed by atoms with van der Waals surface area (Å²) in [4.78, 5) is 0. The molecule has 0 aliphatic heterocycles. The maximum absolute atomic E-state index is 4.91. The van der Waals surface area contributed by atoms with Gasteiger partial charge in [0, 0.05) is 27.0 Å². The van der Waals surface area contributed by atoms with E-state index >= 15 is 0 Å². The molecule has 3 nitrogen and oxygen atoms in total. The minimum atomic E-state index is -2.55. The van der Waals surface area contributed by atoms with Gasteiger partial charge in [-0.25, -0.2) is 0 Å². The SMILES string of the molecule is C=[C][Si](OC)(OC)OC. The molecule has 0 aromatic heterocycles. The van der Waals surface area contributed by atoms with Crippen LogP contribution >= 0.6 is 0 Å². The molecule has 53 valence electrons. The molecule has 0 amide bonds. The first kappa shape index (κ1) is 8.84. The van der Waals surface area contributed by atoms with Crippen molar-refractivity contribution in [3.8, 4) is 0 Å². The van der Waals surface area contributed by atoms with Gasteiger partial charge in [0.1, 0.15) is 0 Å². The summed E-state index contributed by atoms with van der Waals surface area (Å²) < 4.78 is 14.7. The van der Waals surface area contributed by atoms with E-state index in [1.807, 2.05) is 0 Å². The maximum atomic E-state index is 4.91. The van der Waals surface area contributed by atoms with Gasteiger partial charge in [0.15, 0.2) is 0 Å². The van der Waals surface area contributed by atoms with Gasteiger partial charge in [0.25, 0.3) is 0 Å². The lowest BCUT2D eigenvalue weighted by molar-refractivity contribution is 0.136. The average molecular weight is 147 g/mol. The van der Waals surface area contributed by atoms with Gasteiger partial charge in [-0.2, -0.15) is 0 Å². The van der Waals surface area contributed by atoms with Gasteiger partial charge in [-0.05, 0) is 0 Å². The van der Waals surface area contributed by atoms with Gasteiger partial charge in [-0.3, -0.25) is 0 Å². The van der Waals surface area contributed by atoms with Crippen molar-refractivity contribution >= 4 is 8.80 Å². The number of hydrogen-bond donors (Lipinski definition) is 0. The van der Waals surface area contributed by atoms with Crippen LogP contribution in [0, 0.1) is 5.70 Å². The van der Waals surface area contributed by atoms with Crippen LogP contribution in [0.3, 0.4) is 0 Å². The quantitative estimate of drug-likeness (QED) is 0.538. The number of rotatable bonds is 4. The first-order valence-corrected chi connectivity index (χ1v) is 4.17. The molecule has 1 radical (unpaired) electrons. The van der Waals surface area contributed by atoms with E-state index in [-0.39, 0.29) is 0 Å². The Hall–Kier alpha value is -0.163. The van der Waals surface area contributed by atoms with Gasteiger partial charge in [0.05, 0.1) is 0 Å². The van der Waals surface area contributed by atoms with Crippen molar-refractivity contribution in [1.29, 1.82) is 0 Å². The van der Waals surface area contributed by atoms with Crippen molar-refractivity contribution in [3.05, 3.63) is 12.3 Å². The molecule has 0 atom stereocenters. The summed E-state index contributed by atoms with van der Waals surface area (Å²) in [5, 5.41) is 0. The van der Waals surface area contributed by atoms with Gasteiger partial charge in [-0.15, -0.1) is 0 Å². The fourth-order valence-electron chi connectivity index (χ4n) is 0.467. The van der Waals surface area contributed by atoms with Crippen LogP contribution in [0.4, 0.5) is 0 Å². The molecular formula is C5H11O3Si. The largest absolute Gasteiger partial charge is 0.535 e. The zero-order valence-electron chi connectivity index (χ0n) is 5.93. The molecular weight excluding hydrogens is 136 g/mol. The Labute approximate surface area is 56.6 Å². The second-order valence-electron chi connectivity index (χ2n) is 1.35. The van der Waals surface area contributed by atoms with E-state index in [4.69, 9.17) is 13.3 Å². The Bertz CT molecular complexity index is 81.9. The zero-order valence-corrected chi connectivity index (χ0v) is 6.93. The standard InChI is InChI=1S/C5H11O3Si/c1-5-9(6-2,7-3)8-4/h1H2,2-4H3. The summed E-state index contributed by atoms with van der Waals surface area (Å²) >= 11 is 0. The molecule has 0 rings (SSSR count). The molecule has 0 aromatic rings. The molecule has 0 aliphatic carbocycles. The van der Waals surface area contributed by atoms with E-state index in [2.05, 4.69) is 12.3 Å². The fourth-order valence-corrected chi connectivity index (χ4v) is 1.40. The van der Waals surface area contributed by atoms with E-state index in [9.17, 15) is 0 Å². The predicted molar refractivity (Wildman–Crippen MR) is 35.7 cm³/mol. The van der Waals surface area contributed by atoms with Crippen molar-refractivity contribution < 1.29 is 13.3 Å². The second-order valence-corrected chi connectivity index (χ2v) is 4.04. The summed E-state index contributed by atoms with van der Waals surface area (Å²) in [6.07, 6.45) is 0. The molecule has 0 aromatic carbocycles. The van der Waals surface area contributed by atoms with Crippen molar-refractivity contribution in [1.82, 2.24) is 0 Å². The van der Waals surface area contributed by atoms with Crippen LogP contribution in [0.1, 0.15) is 0 Å². The van der Waals surface area contributed by atoms with E-state index in [1.54, 1.807) is 0 Å². The summed E-state index contributed by atoms with van der Waals surface area (Å²) in [5.41, 5.74) is 2.59. The molecule has 0 spiro atoms. The first-order valence-electron chi connectivity index (χ1n) is 2.44. The minimum absolute atomic E-state index is 1.51. The molecule has 4 heteroatoms. The lowest BCUT2D eigenvalue weighted by atomic mass is 11.3. The summed E-state index contributed by atoms with van der Waals surface area (Å²) in [6.45, 7) is 3.41. The van der Waals surface area contributed by atoms with E-state index < -0.39 is 8.80 Å². The molecule has 0 saturated heterocycles. The van der Waals surface area contributed by atoms with Crippen LogP contribution in [-0.4, -0.2) is 30.1 Å². The van der Waals surface area contributed by atoms with Crippen LogP contribution in [0.25, 0.3) is 0 Å². The van der Waals surface area contributed by atoms with Gasteiger partial charge in [-0.1, -0.05) is 6.58 Å². The summed E-state index contributed by atoms with van der Waals surface area (Å²) in [6, 6.07) is 0. The molecule has 0 aliphatic rings. The molecule has 0 heterocycles. The topological polar surface area (TPSA) is 27.7 Å². The highest BCUT2D eigenvalue weighted by Gasteiger charge is 2.33. The van der Waals surface area contributed by atoms with E-state index in [0.717, 1.165) is 0 Å². The van der Waals surface area contributed by atoms with Crippen LogP contribution in [-0.2, 0) is 13.3 Å². The Morgan fingerprint density at radius 2 is 1.44 bits per heavy atom. The van der Waals surface area contributed by atoms with Crippen LogP contribution in [0.15, 0.2) is 6.58 Å². The van der Waals surface area contributed by atoms with Crippen LogP contribution < -0.4 is 0 Å². The first-order chi connectivity index (χ1) is 4.24. The molecule has 0 fully saturated rings. The molecule has 0 saturated carbocycles. The smallest absolute Gasteiger partial charge is 0.373 e. The Kier molecular flexibility index (Phi) is 3.72. The van der Waals surface area contributed by atoms with Gasteiger partial charge >= 0.3 is 8.80 Å². The minimum Gasteiger partial charge on any atom is -0.373 e. The van der Waals surface area contributed by atoms with Gasteiger partial charge < -0.3 is 13.3 Å². The molecule has 0 N–H and O–H groups in total. The highest BCUT2D eigenvalue weighted by Crippen LogP contribution is 2.03. The highest BCUT2D eigenvalue weighted by molar-refractivity contribution is 6.63. The average Bonchev–Trinajstić information content (AvgIpc) is 1.95. The Morgan fingerprint density at radius 3 is 1.44 bits per heavy atom. The summed E-state index contributed by atoms with van der Waals surface area (Å²) in [7, 11) is 1.98. The Balaban J connectivity index is 3.98. The highest BCUT2D eigenvalue weighted by atomic mass is 28.4. The lowest BCUT2D eigenvalue weighted by Crippen LogP contribution is -2.41. The van der Waals surface area contributed by atoms with E-state index in [0.29, 0.717) is 0 Å². The zero-order chi connectivity index (χ0) is 7.33. The third kappa shape index (κ3) is 1.91. The van der Waals surface area contributed by atoms with Crippen molar-refractivity contribution in [2.24, 2.45) is 0 Å². The van der Waals surface area contributed by atoms with Crippen LogP contribution in [0.2, 0.25) is 0 Å². The van der Waals surface area contributed by atoms with E-state index in [1.165, 1.54) is 21.3 Å².